The van der Waals surface area contributed by atoms with E-state index in [2.05, 4.69) is 6.58 Å². The molecule has 8 nitrogen and oxygen atoms in total. The minimum absolute atomic E-state index is 0.0269. The van der Waals surface area contributed by atoms with Gasteiger partial charge in [-0.25, -0.2) is 0 Å². The number of Topliss-reactive ketones (excluding diaryl/α,β-unsaturated/α-hetero) is 1. The number of esters is 1. The lowest BCUT2D eigenvalue weighted by molar-refractivity contribution is -0.140. The van der Waals surface area contributed by atoms with Crippen molar-refractivity contribution in [3.63, 3.8) is 0 Å². The first-order valence-electron chi connectivity index (χ1n) is 14.0. The molecule has 0 unspecified atom stereocenters. The molecule has 1 aliphatic rings. The Bertz CT molecular complexity index is 1170. The van der Waals surface area contributed by atoms with E-state index in [1.54, 1.807) is 6.07 Å². The SMILES string of the molecule is C=CCc1c(OCCCCCOc2cccc(OCCCC(=O)O)c2CCC(=O)OC)ccc2c1CCCC2=O. The first-order valence-corrected chi connectivity index (χ1v) is 14.0. The van der Waals surface area contributed by atoms with E-state index in [-0.39, 0.29) is 31.2 Å². The fraction of sp³-hybridized carbons (Fsp3) is 0.469. The van der Waals surface area contributed by atoms with Crippen molar-refractivity contribution < 1.29 is 38.4 Å². The molecule has 0 saturated carbocycles. The molecule has 0 heterocycles. The van der Waals surface area contributed by atoms with Gasteiger partial charge < -0.3 is 24.1 Å². The lowest BCUT2D eigenvalue weighted by Gasteiger charge is -2.21. The third-order valence-electron chi connectivity index (χ3n) is 6.86. The summed E-state index contributed by atoms with van der Waals surface area (Å²) in [7, 11) is 1.35. The molecule has 216 valence electrons. The number of benzene rings is 2. The number of carbonyl (C=O) groups excluding carboxylic acids is 2. The highest BCUT2D eigenvalue weighted by atomic mass is 16.5. The zero-order valence-corrected chi connectivity index (χ0v) is 23.4. The van der Waals surface area contributed by atoms with Crippen LogP contribution in [0.4, 0.5) is 0 Å². The fourth-order valence-electron chi connectivity index (χ4n) is 4.82. The Morgan fingerprint density at radius 2 is 1.52 bits per heavy atom. The number of ketones is 1. The lowest BCUT2D eigenvalue weighted by atomic mass is 9.86. The summed E-state index contributed by atoms with van der Waals surface area (Å²) in [4.78, 5) is 34.8. The maximum atomic E-state index is 12.3. The summed E-state index contributed by atoms with van der Waals surface area (Å²) in [5.41, 5.74) is 3.78. The number of allylic oxidation sites excluding steroid dienone is 1. The number of unbranched alkanes of at least 4 members (excludes halogenated alkanes) is 2. The number of ether oxygens (including phenoxy) is 4. The molecule has 0 aliphatic heterocycles. The summed E-state index contributed by atoms with van der Waals surface area (Å²) in [6, 6.07) is 9.28. The van der Waals surface area contributed by atoms with Gasteiger partial charge in [0.15, 0.2) is 5.78 Å². The number of carbonyl (C=O) groups is 3. The molecule has 2 aromatic rings. The van der Waals surface area contributed by atoms with Gasteiger partial charge in [-0.2, -0.15) is 0 Å². The Kier molecular flexibility index (Phi) is 12.5. The number of hydrogen-bond acceptors (Lipinski definition) is 7. The Hall–Kier alpha value is -3.81. The van der Waals surface area contributed by atoms with Gasteiger partial charge in [-0.3, -0.25) is 14.4 Å². The van der Waals surface area contributed by atoms with E-state index in [1.807, 2.05) is 30.3 Å². The zero-order valence-electron chi connectivity index (χ0n) is 23.4. The molecule has 40 heavy (non-hydrogen) atoms. The molecule has 0 bridgehead atoms. The van der Waals surface area contributed by atoms with Crippen LogP contribution >= 0.6 is 0 Å². The van der Waals surface area contributed by atoms with Crippen LogP contribution in [0.25, 0.3) is 0 Å². The van der Waals surface area contributed by atoms with Gasteiger partial charge in [0.25, 0.3) is 0 Å². The van der Waals surface area contributed by atoms with Gasteiger partial charge in [0.2, 0.25) is 0 Å². The van der Waals surface area contributed by atoms with Crippen molar-refractivity contribution in [2.75, 3.05) is 26.9 Å². The summed E-state index contributed by atoms with van der Waals surface area (Å²) >= 11 is 0. The molecule has 0 radical (unpaired) electrons. The highest BCUT2D eigenvalue weighted by Gasteiger charge is 2.22. The van der Waals surface area contributed by atoms with E-state index < -0.39 is 5.97 Å². The van der Waals surface area contributed by atoms with E-state index in [4.69, 9.17) is 24.1 Å². The average Bonchev–Trinajstić information content (AvgIpc) is 2.95. The van der Waals surface area contributed by atoms with Crippen LogP contribution in [0.1, 0.15) is 78.4 Å². The van der Waals surface area contributed by atoms with Gasteiger partial charge in [-0.1, -0.05) is 12.1 Å². The average molecular weight is 553 g/mol. The van der Waals surface area contributed by atoms with Crippen molar-refractivity contribution >= 4 is 17.7 Å². The second-order valence-corrected chi connectivity index (χ2v) is 9.75. The van der Waals surface area contributed by atoms with Crippen molar-refractivity contribution in [3.8, 4) is 17.2 Å². The van der Waals surface area contributed by atoms with Crippen LogP contribution < -0.4 is 14.2 Å². The molecular formula is C32H40O8. The van der Waals surface area contributed by atoms with Crippen LogP contribution in [0.2, 0.25) is 0 Å². The van der Waals surface area contributed by atoms with Crippen molar-refractivity contribution in [2.24, 2.45) is 0 Å². The number of fused-ring (bicyclic) bond motifs is 1. The van der Waals surface area contributed by atoms with E-state index in [0.29, 0.717) is 50.4 Å². The van der Waals surface area contributed by atoms with Crippen molar-refractivity contribution in [1.29, 1.82) is 0 Å². The van der Waals surface area contributed by atoms with Crippen molar-refractivity contribution in [1.82, 2.24) is 0 Å². The summed E-state index contributed by atoms with van der Waals surface area (Å²) in [5.74, 6) is 1.08. The second kappa shape index (κ2) is 16.3. The smallest absolute Gasteiger partial charge is 0.305 e. The fourth-order valence-corrected chi connectivity index (χ4v) is 4.82. The van der Waals surface area contributed by atoms with Gasteiger partial charge in [0.1, 0.15) is 17.2 Å². The zero-order chi connectivity index (χ0) is 28.7. The quantitative estimate of drug-likeness (QED) is 0.138. The van der Waals surface area contributed by atoms with Crippen LogP contribution in [0.15, 0.2) is 43.0 Å². The number of aliphatic carboxylic acids is 1. The maximum absolute atomic E-state index is 12.3. The molecule has 0 aromatic heterocycles. The Labute approximate surface area is 236 Å². The third-order valence-corrected chi connectivity index (χ3v) is 6.86. The van der Waals surface area contributed by atoms with Crippen molar-refractivity contribution in [3.05, 3.63) is 65.2 Å². The molecule has 1 aliphatic carbocycles. The number of methoxy groups -OCH3 is 1. The Morgan fingerprint density at radius 1 is 0.875 bits per heavy atom. The van der Waals surface area contributed by atoms with Crippen LogP contribution in [0.3, 0.4) is 0 Å². The summed E-state index contributed by atoms with van der Waals surface area (Å²) in [6.07, 6.45) is 8.50. The molecule has 0 spiro atoms. The molecule has 0 saturated heterocycles. The minimum Gasteiger partial charge on any atom is -0.493 e. The van der Waals surface area contributed by atoms with Gasteiger partial charge in [0, 0.05) is 36.0 Å². The maximum Gasteiger partial charge on any atom is 0.305 e. The summed E-state index contributed by atoms with van der Waals surface area (Å²) < 4.78 is 22.8. The molecule has 1 N–H and O–H groups in total. The highest BCUT2D eigenvalue weighted by molar-refractivity contribution is 5.99. The topological polar surface area (TPSA) is 108 Å². The largest absolute Gasteiger partial charge is 0.493 e. The van der Waals surface area contributed by atoms with Crippen LogP contribution in [0.5, 0.6) is 17.2 Å². The third kappa shape index (κ3) is 9.14. The molecule has 0 amide bonds. The standard InChI is InChI=1S/C32H40O8/c1-3-10-25-23-11-7-12-27(33)24(23)16-18-30(25)39-21-6-4-5-20-38-28-13-8-14-29(40-22-9-15-31(34)35)26(28)17-19-32(36)37-2/h3,8,13-14,16,18H,1,4-7,9-12,15,17,19-22H2,2H3,(H,34,35). The van der Waals surface area contributed by atoms with Gasteiger partial charge in [-0.15, -0.1) is 6.58 Å². The monoisotopic (exact) mass is 552 g/mol. The van der Waals surface area contributed by atoms with Gasteiger partial charge >= 0.3 is 11.9 Å². The second-order valence-electron chi connectivity index (χ2n) is 9.75. The molecular weight excluding hydrogens is 512 g/mol. The molecule has 3 rings (SSSR count). The number of carboxylic acids is 1. The summed E-state index contributed by atoms with van der Waals surface area (Å²) in [5, 5.41) is 8.85. The first kappa shape index (κ1) is 30.7. The van der Waals surface area contributed by atoms with E-state index >= 15 is 0 Å². The normalized spacial score (nSPS) is 12.4. The minimum atomic E-state index is -0.867. The van der Waals surface area contributed by atoms with Gasteiger partial charge in [-0.05, 0) is 81.2 Å². The van der Waals surface area contributed by atoms with E-state index in [0.717, 1.165) is 60.1 Å². The number of rotatable bonds is 18. The van der Waals surface area contributed by atoms with Crippen molar-refractivity contribution in [2.45, 2.75) is 70.6 Å². The van der Waals surface area contributed by atoms with Crippen LogP contribution in [-0.2, 0) is 33.6 Å². The first-order chi connectivity index (χ1) is 19.4. The number of carboxylic acid groups (broad SMARTS) is 1. The Balaban J connectivity index is 1.50. The summed E-state index contributed by atoms with van der Waals surface area (Å²) in [6.45, 7) is 5.20. The molecule has 0 atom stereocenters. The van der Waals surface area contributed by atoms with E-state index in [9.17, 15) is 14.4 Å². The lowest BCUT2D eigenvalue weighted by Crippen LogP contribution is -2.14. The molecule has 0 fully saturated rings. The number of hydrogen-bond donors (Lipinski definition) is 1. The Morgan fingerprint density at radius 3 is 2.15 bits per heavy atom. The molecule has 2 aromatic carbocycles. The highest BCUT2D eigenvalue weighted by Crippen LogP contribution is 2.33. The predicted molar refractivity (Wildman–Crippen MR) is 152 cm³/mol. The van der Waals surface area contributed by atoms with E-state index in [1.165, 1.54) is 7.11 Å². The van der Waals surface area contributed by atoms with Crippen LogP contribution in [0, 0.1) is 0 Å². The van der Waals surface area contributed by atoms with Gasteiger partial charge in [0.05, 0.1) is 26.9 Å². The molecule has 8 heteroatoms. The van der Waals surface area contributed by atoms with Crippen LogP contribution in [-0.4, -0.2) is 49.8 Å². The predicted octanol–water partition coefficient (Wildman–Crippen LogP) is 5.91.